The van der Waals surface area contributed by atoms with Crippen LogP contribution in [-0.2, 0) is 9.53 Å². The number of nitrogens with zero attached hydrogens (tertiary/aromatic N) is 1. The molecule has 6 heteroatoms. The van der Waals surface area contributed by atoms with E-state index in [9.17, 15) is 9.59 Å². The van der Waals surface area contributed by atoms with Crippen LogP contribution in [0.3, 0.4) is 0 Å². The molecule has 0 spiro atoms. The number of amides is 1. The summed E-state index contributed by atoms with van der Waals surface area (Å²) in [7, 11) is 3.42. The predicted octanol–water partition coefficient (Wildman–Crippen LogP) is 1.92. The Balaban J connectivity index is 1.55. The molecule has 2 N–H and O–H groups in total. The topological polar surface area (TPSA) is 74.4 Å². The lowest BCUT2D eigenvalue weighted by Gasteiger charge is -2.25. The van der Waals surface area contributed by atoms with E-state index in [1.54, 1.807) is 0 Å². The van der Waals surface area contributed by atoms with E-state index in [1.807, 2.05) is 37.5 Å². The second kappa shape index (κ2) is 7.05. The number of carbonyl (C=O) groups excluding carboxylic acids is 2. The first-order valence-electron chi connectivity index (χ1n) is 8.22. The molecule has 1 aromatic carbocycles. The Labute approximate surface area is 141 Å². The smallest absolute Gasteiger partial charge is 0.307 e. The van der Waals surface area contributed by atoms with Gasteiger partial charge in [0.15, 0.2) is 0 Å². The van der Waals surface area contributed by atoms with E-state index in [2.05, 4.69) is 15.2 Å². The molecular weight excluding hydrogens is 306 g/mol. The fraction of sp³-hybridized carbons (Fsp3) is 0.444. The molecule has 1 aliphatic heterocycles. The maximum atomic E-state index is 12.4. The number of methoxy groups -OCH3 is 1. The summed E-state index contributed by atoms with van der Waals surface area (Å²) >= 11 is 0. The fourth-order valence-corrected chi connectivity index (χ4v) is 3.37. The van der Waals surface area contributed by atoms with E-state index in [0.29, 0.717) is 18.5 Å². The maximum absolute atomic E-state index is 12.4. The highest BCUT2D eigenvalue weighted by Gasteiger charge is 2.32. The molecule has 0 aliphatic carbocycles. The first-order chi connectivity index (χ1) is 11.6. The standard InChI is InChI=1S/C18H23N3O3/c1-21-14(10-17(22)24-2)4-5-15(21)11-20-18(23)13-3-6-16-12(9-13)7-8-19-16/h3,6-9,14-15,19H,4-5,10-11H2,1-2H3,(H,20,23)/t14-,15+/m1/s1. The van der Waals surface area contributed by atoms with Crippen molar-refractivity contribution in [1.29, 1.82) is 0 Å². The average Bonchev–Trinajstić information content (AvgIpc) is 3.19. The lowest BCUT2D eigenvalue weighted by atomic mass is 10.1. The third-order valence-electron chi connectivity index (χ3n) is 4.93. The number of carbonyl (C=O) groups is 2. The number of H-pyrrole nitrogens is 1. The molecule has 2 atom stereocenters. The van der Waals surface area contributed by atoms with Crippen molar-refractivity contribution in [3.8, 4) is 0 Å². The second-order valence-electron chi connectivity index (χ2n) is 6.32. The molecule has 3 rings (SSSR count). The molecule has 0 bridgehead atoms. The summed E-state index contributed by atoms with van der Waals surface area (Å²) in [5.41, 5.74) is 1.68. The number of hydrogen-bond donors (Lipinski definition) is 2. The van der Waals surface area contributed by atoms with E-state index < -0.39 is 0 Å². The van der Waals surface area contributed by atoms with Crippen molar-refractivity contribution in [2.24, 2.45) is 0 Å². The number of aromatic nitrogens is 1. The molecule has 2 heterocycles. The largest absolute Gasteiger partial charge is 0.469 e. The van der Waals surface area contributed by atoms with Gasteiger partial charge in [-0.25, -0.2) is 0 Å². The van der Waals surface area contributed by atoms with Crippen LogP contribution in [0.2, 0.25) is 0 Å². The number of fused-ring (bicyclic) bond motifs is 1. The summed E-state index contributed by atoms with van der Waals surface area (Å²) in [6, 6.07) is 8.02. The summed E-state index contributed by atoms with van der Waals surface area (Å²) in [5, 5.41) is 4.04. The van der Waals surface area contributed by atoms with Crippen LogP contribution in [0.1, 0.15) is 29.6 Å². The molecule has 0 saturated carbocycles. The third-order valence-corrected chi connectivity index (χ3v) is 4.93. The summed E-state index contributed by atoms with van der Waals surface area (Å²) in [5.74, 6) is -0.251. The van der Waals surface area contributed by atoms with Crippen LogP contribution in [0.15, 0.2) is 30.5 Å². The predicted molar refractivity (Wildman–Crippen MR) is 91.8 cm³/mol. The summed E-state index contributed by atoms with van der Waals surface area (Å²) < 4.78 is 4.74. The summed E-state index contributed by atoms with van der Waals surface area (Å²) in [4.78, 5) is 29.1. The number of likely N-dealkylation sites (tertiary alicyclic amines) is 1. The molecule has 0 radical (unpaired) electrons. The molecule has 1 aliphatic rings. The Morgan fingerprint density at radius 3 is 2.88 bits per heavy atom. The zero-order chi connectivity index (χ0) is 17.1. The molecule has 0 unspecified atom stereocenters. The lowest BCUT2D eigenvalue weighted by Crippen LogP contribution is -2.41. The summed E-state index contributed by atoms with van der Waals surface area (Å²) in [6.07, 6.45) is 4.18. The minimum atomic E-state index is -0.184. The van der Waals surface area contributed by atoms with Gasteiger partial charge >= 0.3 is 5.97 Å². The number of nitrogens with one attached hydrogen (secondary N) is 2. The van der Waals surface area contributed by atoms with Crippen molar-refractivity contribution in [2.75, 3.05) is 20.7 Å². The maximum Gasteiger partial charge on any atom is 0.307 e. The number of rotatable bonds is 5. The number of hydrogen-bond acceptors (Lipinski definition) is 4. The molecule has 6 nitrogen and oxygen atoms in total. The molecule has 2 aromatic rings. The van der Waals surface area contributed by atoms with Gasteiger partial charge in [0, 0.05) is 41.3 Å². The van der Waals surface area contributed by atoms with Crippen molar-refractivity contribution in [3.05, 3.63) is 36.0 Å². The zero-order valence-corrected chi connectivity index (χ0v) is 14.0. The first-order valence-corrected chi connectivity index (χ1v) is 8.22. The Bertz CT molecular complexity index is 740. The number of esters is 1. The quantitative estimate of drug-likeness (QED) is 0.822. The van der Waals surface area contributed by atoms with Crippen molar-refractivity contribution in [2.45, 2.75) is 31.3 Å². The van der Waals surface area contributed by atoms with Gasteiger partial charge in [-0.3, -0.25) is 14.5 Å². The molecule has 1 aromatic heterocycles. The van der Waals surface area contributed by atoms with Gasteiger partial charge in [0.05, 0.1) is 13.5 Å². The van der Waals surface area contributed by atoms with E-state index in [4.69, 9.17) is 4.74 Å². The molecule has 1 saturated heterocycles. The summed E-state index contributed by atoms with van der Waals surface area (Å²) in [6.45, 7) is 0.582. The number of likely N-dealkylation sites (N-methyl/N-ethyl adjacent to an activating group) is 1. The number of benzene rings is 1. The van der Waals surface area contributed by atoms with Crippen molar-refractivity contribution in [3.63, 3.8) is 0 Å². The highest BCUT2D eigenvalue weighted by molar-refractivity contribution is 5.98. The molecule has 24 heavy (non-hydrogen) atoms. The average molecular weight is 329 g/mol. The molecule has 1 fully saturated rings. The second-order valence-corrected chi connectivity index (χ2v) is 6.32. The van der Waals surface area contributed by atoms with E-state index >= 15 is 0 Å². The van der Waals surface area contributed by atoms with Crippen LogP contribution in [0.4, 0.5) is 0 Å². The van der Waals surface area contributed by atoms with Crippen molar-refractivity contribution in [1.82, 2.24) is 15.2 Å². The van der Waals surface area contributed by atoms with Crippen LogP contribution in [-0.4, -0.2) is 54.5 Å². The number of aromatic amines is 1. The van der Waals surface area contributed by atoms with E-state index in [0.717, 1.165) is 23.7 Å². The van der Waals surface area contributed by atoms with Crippen LogP contribution in [0.5, 0.6) is 0 Å². The van der Waals surface area contributed by atoms with Crippen molar-refractivity contribution < 1.29 is 14.3 Å². The highest BCUT2D eigenvalue weighted by Crippen LogP contribution is 2.24. The van der Waals surface area contributed by atoms with Gasteiger partial charge < -0.3 is 15.0 Å². The van der Waals surface area contributed by atoms with Gasteiger partial charge in [-0.05, 0) is 44.2 Å². The van der Waals surface area contributed by atoms with Gasteiger partial charge in [-0.2, -0.15) is 0 Å². The number of ether oxygens (including phenoxy) is 1. The van der Waals surface area contributed by atoms with Gasteiger partial charge in [0.25, 0.3) is 5.91 Å². The fourth-order valence-electron chi connectivity index (χ4n) is 3.37. The Morgan fingerprint density at radius 2 is 2.08 bits per heavy atom. The van der Waals surface area contributed by atoms with Crippen molar-refractivity contribution >= 4 is 22.8 Å². The van der Waals surface area contributed by atoms with Gasteiger partial charge in [-0.15, -0.1) is 0 Å². The minimum Gasteiger partial charge on any atom is -0.469 e. The van der Waals surface area contributed by atoms with Crippen LogP contribution in [0.25, 0.3) is 10.9 Å². The zero-order valence-electron chi connectivity index (χ0n) is 14.0. The van der Waals surface area contributed by atoms with Crippen LogP contribution >= 0.6 is 0 Å². The SMILES string of the molecule is COC(=O)C[C@H]1CC[C@@H](CNC(=O)c2ccc3[nH]ccc3c2)N1C. The van der Waals surface area contributed by atoms with Gasteiger partial charge in [0.2, 0.25) is 0 Å². The van der Waals surface area contributed by atoms with E-state index in [1.165, 1.54) is 7.11 Å². The first kappa shape index (κ1) is 16.5. The Kier molecular flexibility index (Phi) is 4.85. The Morgan fingerprint density at radius 1 is 1.29 bits per heavy atom. The van der Waals surface area contributed by atoms with Crippen LogP contribution in [0, 0.1) is 0 Å². The molecule has 128 valence electrons. The molecular formula is C18H23N3O3. The van der Waals surface area contributed by atoms with Gasteiger partial charge in [0.1, 0.15) is 0 Å². The Hall–Kier alpha value is -2.34. The normalized spacial score (nSPS) is 21.1. The van der Waals surface area contributed by atoms with E-state index in [-0.39, 0.29) is 24.0 Å². The monoisotopic (exact) mass is 329 g/mol. The van der Waals surface area contributed by atoms with Gasteiger partial charge in [-0.1, -0.05) is 0 Å². The highest BCUT2D eigenvalue weighted by atomic mass is 16.5. The third kappa shape index (κ3) is 3.43. The minimum absolute atomic E-state index is 0.0667. The van der Waals surface area contributed by atoms with Crippen LogP contribution < -0.4 is 5.32 Å². The lowest BCUT2D eigenvalue weighted by molar-refractivity contribution is -0.141. The molecule has 1 amide bonds.